The average molecular weight is 449 g/mol. The number of hydrogen-bond acceptors (Lipinski definition) is 0. The maximum Gasteiger partial charge on any atom is 0.0146 e. The molecule has 0 radical (unpaired) electrons. The van der Waals surface area contributed by atoms with Gasteiger partial charge in [0.2, 0.25) is 0 Å². The summed E-state index contributed by atoms with van der Waals surface area (Å²) < 4.78 is 0. The molecule has 0 amide bonds. The van der Waals surface area contributed by atoms with Crippen molar-refractivity contribution >= 4 is 21.5 Å². The van der Waals surface area contributed by atoms with Crippen LogP contribution in [0.1, 0.15) is 25.0 Å². The summed E-state index contributed by atoms with van der Waals surface area (Å²) >= 11 is 0. The lowest BCUT2D eigenvalue weighted by Gasteiger charge is -2.26. The first-order valence-corrected chi connectivity index (χ1v) is 12.3. The third kappa shape index (κ3) is 4.02. The molecule has 6 aromatic carbocycles. The van der Waals surface area contributed by atoms with Gasteiger partial charge in [-0.15, -0.1) is 0 Å². The van der Waals surface area contributed by atoms with E-state index in [-0.39, 0.29) is 5.41 Å². The maximum absolute atomic E-state index is 2.34. The van der Waals surface area contributed by atoms with Gasteiger partial charge in [0.05, 0.1) is 0 Å². The molecule has 0 aliphatic rings. The predicted molar refractivity (Wildman–Crippen MR) is 151 cm³/mol. The van der Waals surface area contributed by atoms with Crippen LogP contribution in [0.15, 0.2) is 133 Å². The zero-order chi connectivity index (χ0) is 23.8. The van der Waals surface area contributed by atoms with Gasteiger partial charge in [0.25, 0.3) is 0 Å². The van der Waals surface area contributed by atoms with E-state index < -0.39 is 0 Å². The van der Waals surface area contributed by atoms with Crippen molar-refractivity contribution in [3.63, 3.8) is 0 Å². The van der Waals surface area contributed by atoms with Crippen molar-refractivity contribution in [1.82, 2.24) is 0 Å². The summed E-state index contributed by atoms with van der Waals surface area (Å²) in [4.78, 5) is 0. The third-order valence-corrected chi connectivity index (χ3v) is 7.34. The fourth-order valence-corrected chi connectivity index (χ4v) is 5.08. The molecule has 0 heteroatoms. The van der Waals surface area contributed by atoms with Crippen LogP contribution in [0.4, 0.5) is 0 Å². The van der Waals surface area contributed by atoms with Gasteiger partial charge in [-0.25, -0.2) is 0 Å². The smallest absolute Gasteiger partial charge is 0.0146 e. The van der Waals surface area contributed by atoms with Crippen LogP contribution in [-0.4, -0.2) is 0 Å². The van der Waals surface area contributed by atoms with E-state index in [1.165, 1.54) is 54.9 Å². The Bertz CT molecular complexity index is 1650. The zero-order valence-corrected chi connectivity index (χ0v) is 20.2. The van der Waals surface area contributed by atoms with E-state index in [9.17, 15) is 0 Å². The average Bonchev–Trinajstić information content (AvgIpc) is 2.93. The highest BCUT2D eigenvalue weighted by molar-refractivity contribution is 5.93. The second kappa shape index (κ2) is 8.56. The van der Waals surface area contributed by atoms with E-state index in [4.69, 9.17) is 0 Å². The molecule has 168 valence electrons. The molecule has 0 saturated heterocycles. The molecule has 0 fully saturated rings. The van der Waals surface area contributed by atoms with E-state index in [1.807, 2.05) is 0 Å². The van der Waals surface area contributed by atoms with Crippen molar-refractivity contribution in [2.75, 3.05) is 0 Å². The van der Waals surface area contributed by atoms with Crippen LogP contribution in [-0.2, 0) is 5.41 Å². The van der Waals surface area contributed by atoms with E-state index in [1.54, 1.807) is 0 Å². The first kappa shape index (κ1) is 21.4. The summed E-state index contributed by atoms with van der Waals surface area (Å²) in [7, 11) is 0. The van der Waals surface area contributed by atoms with Gasteiger partial charge in [-0.1, -0.05) is 129 Å². The largest absolute Gasteiger partial charge is 0.0622 e. The van der Waals surface area contributed by atoms with Gasteiger partial charge in [0.1, 0.15) is 0 Å². The minimum Gasteiger partial charge on any atom is -0.0622 e. The van der Waals surface area contributed by atoms with Crippen LogP contribution in [0.3, 0.4) is 0 Å². The lowest BCUT2D eigenvalue weighted by molar-refractivity contribution is 0.641. The highest BCUT2D eigenvalue weighted by Crippen LogP contribution is 2.35. The molecule has 0 bridgehead atoms. The normalized spacial score (nSPS) is 11.7. The Hall–Kier alpha value is -4.16. The molecule has 6 rings (SSSR count). The van der Waals surface area contributed by atoms with Gasteiger partial charge in [0.15, 0.2) is 0 Å². The van der Waals surface area contributed by atoms with E-state index in [2.05, 4.69) is 147 Å². The highest BCUT2D eigenvalue weighted by Gasteiger charge is 2.23. The van der Waals surface area contributed by atoms with Crippen LogP contribution in [0.25, 0.3) is 43.8 Å². The Kier molecular flexibility index (Phi) is 5.23. The molecule has 0 aromatic heterocycles. The summed E-state index contributed by atoms with van der Waals surface area (Å²) in [5.74, 6) is 0. The molecule has 0 heterocycles. The molecular formula is C35H28. The number of fused-ring (bicyclic) bond motifs is 2. The van der Waals surface area contributed by atoms with Gasteiger partial charge >= 0.3 is 0 Å². The zero-order valence-electron chi connectivity index (χ0n) is 20.2. The lowest BCUT2D eigenvalue weighted by atomic mass is 9.77. The molecule has 0 aliphatic heterocycles. The first-order chi connectivity index (χ1) is 17.1. The first-order valence-electron chi connectivity index (χ1n) is 12.3. The monoisotopic (exact) mass is 448 g/mol. The Morgan fingerprint density at radius 1 is 0.343 bits per heavy atom. The van der Waals surface area contributed by atoms with Crippen LogP contribution >= 0.6 is 0 Å². The Balaban J connectivity index is 1.35. The maximum atomic E-state index is 2.34. The van der Waals surface area contributed by atoms with Crippen molar-refractivity contribution in [2.24, 2.45) is 0 Å². The molecule has 35 heavy (non-hydrogen) atoms. The van der Waals surface area contributed by atoms with Crippen molar-refractivity contribution in [3.8, 4) is 22.3 Å². The van der Waals surface area contributed by atoms with Crippen molar-refractivity contribution in [3.05, 3.63) is 145 Å². The summed E-state index contributed by atoms with van der Waals surface area (Å²) in [5, 5.41) is 5.08. The van der Waals surface area contributed by atoms with Gasteiger partial charge in [0, 0.05) is 5.41 Å². The van der Waals surface area contributed by atoms with Crippen LogP contribution in [0.2, 0.25) is 0 Å². The minimum atomic E-state index is -0.0527. The fraction of sp³-hybridized carbons (Fsp3) is 0.0857. The van der Waals surface area contributed by atoms with Crippen LogP contribution in [0, 0.1) is 0 Å². The molecule has 0 aliphatic carbocycles. The van der Waals surface area contributed by atoms with Gasteiger partial charge in [-0.05, 0) is 73.1 Å². The third-order valence-electron chi connectivity index (χ3n) is 7.34. The second-order valence-electron chi connectivity index (χ2n) is 9.91. The summed E-state index contributed by atoms with van der Waals surface area (Å²) in [5.41, 5.74) is 7.62. The molecule has 0 saturated carbocycles. The quantitative estimate of drug-likeness (QED) is 0.252. The van der Waals surface area contributed by atoms with Crippen molar-refractivity contribution in [2.45, 2.75) is 19.3 Å². The molecule has 0 atom stereocenters. The van der Waals surface area contributed by atoms with Gasteiger partial charge < -0.3 is 0 Å². The van der Waals surface area contributed by atoms with Crippen molar-refractivity contribution in [1.29, 1.82) is 0 Å². The Labute approximate surface area is 207 Å². The number of hydrogen-bond donors (Lipinski definition) is 0. The molecular weight excluding hydrogens is 420 g/mol. The molecule has 0 nitrogen and oxygen atoms in total. The highest BCUT2D eigenvalue weighted by atomic mass is 14.3. The standard InChI is InChI=1S/C35H28/c1-35(2,33-12-4-3-5-13-33)34-14-8-11-27(24-34)28-17-18-32-23-31(20-19-30(32)22-28)29-16-15-25-9-6-7-10-26(25)21-29/h3-24H,1-2H3. The van der Waals surface area contributed by atoms with Crippen LogP contribution in [0.5, 0.6) is 0 Å². The summed E-state index contributed by atoms with van der Waals surface area (Å²) in [6.45, 7) is 4.60. The van der Waals surface area contributed by atoms with E-state index in [0.717, 1.165) is 0 Å². The Morgan fingerprint density at radius 3 is 1.43 bits per heavy atom. The predicted octanol–water partition coefficient (Wildman–Crippen LogP) is 9.65. The summed E-state index contributed by atoms with van der Waals surface area (Å²) in [6, 6.07) is 48.6. The lowest BCUT2D eigenvalue weighted by Crippen LogP contribution is -2.18. The van der Waals surface area contributed by atoms with Crippen molar-refractivity contribution < 1.29 is 0 Å². The van der Waals surface area contributed by atoms with E-state index >= 15 is 0 Å². The molecule has 0 unspecified atom stereocenters. The van der Waals surface area contributed by atoms with Gasteiger partial charge in [-0.2, -0.15) is 0 Å². The molecule has 6 aromatic rings. The number of rotatable bonds is 4. The molecule has 0 spiro atoms. The van der Waals surface area contributed by atoms with Crippen LogP contribution < -0.4 is 0 Å². The topological polar surface area (TPSA) is 0 Å². The summed E-state index contributed by atoms with van der Waals surface area (Å²) in [6.07, 6.45) is 0. The fourth-order valence-electron chi connectivity index (χ4n) is 5.08. The minimum absolute atomic E-state index is 0.0527. The van der Waals surface area contributed by atoms with Gasteiger partial charge in [-0.3, -0.25) is 0 Å². The Morgan fingerprint density at radius 2 is 0.800 bits per heavy atom. The SMILES string of the molecule is CC(C)(c1ccccc1)c1cccc(-c2ccc3cc(-c4ccc5ccccc5c4)ccc3c2)c1. The molecule has 0 N–H and O–H groups in total. The second-order valence-corrected chi connectivity index (χ2v) is 9.91. The number of benzene rings is 6. The van der Waals surface area contributed by atoms with E-state index in [0.29, 0.717) is 0 Å².